The van der Waals surface area contributed by atoms with Crippen molar-refractivity contribution in [2.75, 3.05) is 4.72 Å². The van der Waals surface area contributed by atoms with Crippen LogP contribution in [0.5, 0.6) is 0 Å². The fraction of sp³-hybridized carbons (Fsp3) is 0. The summed E-state index contributed by atoms with van der Waals surface area (Å²) in [6.07, 6.45) is 0. The van der Waals surface area contributed by atoms with Crippen molar-refractivity contribution in [2.24, 2.45) is 0 Å². The molecule has 2 aromatic carbocycles. The lowest BCUT2D eigenvalue weighted by Gasteiger charge is -2.09. The van der Waals surface area contributed by atoms with Gasteiger partial charge in [-0.15, -0.1) is 0 Å². The number of anilines is 1. The minimum atomic E-state index is -3.94. The van der Waals surface area contributed by atoms with E-state index in [4.69, 9.17) is 23.2 Å². The van der Waals surface area contributed by atoms with Crippen LogP contribution in [0.3, 0.4) is 0 Å². The number of hydrogen-bond acceptors (Lipinski definition) is 4. The highest BCUT2D eigenvalue weighted by molar-refractivity contribution is 7.92. The monoisotopic (exact) mass is 385 g/mol. The zero-order chi connectivity index (χ0) is 17.5. The third kappa shape index (κ3) is 3.30. The van der Waals surface area contributed by atoms with Crippen molar-refractivity contribution in [2.45, 2.75) is 4.90 Å². The van der Waals surface area contributed by atoms with Crippen LogP contribution in [0.4, 0.5) is 5.69 Å². The van der Waals surface area contributed by atoms with Gasteiger partial charge < -0.3 is 9.97 Å². The molecule has 0 aliphatic carbocycles. The van der Waals surface area contributed by atoms with Gasteiger partial charge in [0.2, 0.25) is 0 Å². The molecule has 0 saturated carbocycles. The summed E-state index contributed by atoms with van der Waals surface area (Å²) in [6.45, 7) is 0. The van der Waals surface area contributed by atoms with E-state index in [9.17, 15) is 18.0 Å². The van der Waals surface area contributed by atoms with Gasteiger partial charge in [0.15, 0.2) is 0 Å². The van der Waals surface area contributed by atoms with Gasteiger partial charge in [-0.1, -0.05) is 23.2 Å². The molecule has 0 spiro atoms. The van der Waals surface area contributed by atoms with Crippen molar-refractivity contribution in [1.82, 2.24) is 9.97 Å². The summed E-state index contributed by atoms with van der Waals surface area (Å²) < 4.78 is 27.3. The van der Waals surface area contributed by atoms with Gasteiger partial charge in [0.25, 0.3) is 10.0 Å². The van der Waals surface area contributed by atoms with Gasteiger partial charge in [0.05, 0.1) is 21.6 Å². The summed E-state index contributed by atoms with van der Waals surface area (Å²) in [7, 11) is -3.94. The molecular weight excluding hydrogens is 377 g/mol. The van der Waals surface area contributed by atoms with Crippen LogP contribution in [-0.4, -0.2) is 18.4 Å². The van der Waals surface area contributed by atoms with Gasteiger partial charge in [-0.3, -0.25) is 14.3 Å². The standard InChI is InChI=1S/C14H9Cl2N3O4S/c15-7-3-8(16)5-9(4-7)19-24(22,23)10-1-2-11-12(6-10)18-14(21)13(20)17-11/h1-6,19H,(H,17,20)(H,18,21). The number of rotatable bonds is 3. The molecule has 7 nitrogen and oxygen atoms in total. The molecular formula is C14H9Cl2N3O4S. The molecule has 3 rings (SSSR count). The Morgan fingerprint density at radius 1 is 0.833 bits per heavy atom. The Bertz CT molecular complexity index is 1150. The fourth-order valence-corrected chi connectivity index (χ4v) is 3.68. The van der Waals surface area contributed by atoms with Crippen molar-refractivity contribution in [1.29, 1.82) is 0 Å². The number of hydrogen-bond donors (Lipinski definition) is 3. The van der Waals surface area contributed by atoms with Crippen molar-refractivity contribution < 1.29 is 8.42 Å². The molecule has 10 heteroatoms. The number of aromatic amines is 2. The van der Waals surface area contributed by atoms with Crippen LogP contribution >= 0.6 is 23.2 Å². The van der Waals surface area contributed by atoms with Crippen LogP contribution in [-0.2, 0) is 10.0 Å². The Morgan fingerprint density at radius 2 is 1.42 bits per heavy atom. The van der Waals surface area contributed by atoms with Gasteiger partial charge >= 0.3 is 11.1 Å². The Balaban J connectivity index is 2.06. The van der Waals surface area contributed by atoms with E-state index in [0.29, 0.717) is 5.52 Å². The third-order valence-corrected chi connectivity index (χ3v) is 4.93. The van der Waals surface area contributed by atoms with Crippen LogP contribution in [0.15, 0.2) is 50.9 Å². The van der Waals surface area contributed by atoms with Crippen molar-refractivity contribution in [3.05, 3.63) is 67.2 Å². The molecule has 0 unspecified atom stereocenters. The third-order valence-electron chi connectivity index (χ3n) is 3.12. The first-order valence-corrected chi connectivity index (χ1v) is 8.74. The molecule has 0 radical (unpaired) electrons. The van der Waals surface area contributed by atoms with E-state index in [1.165, 1.54) is 36.4 Å². The van der Waals surface area contributed by atoms with E-state index in [-0.39, 0.29) is 26.1 Å². The van der Waals surface area contributed by atoms with E-state index in [1.807, 2.05) is 0 Å². The minimum absolute atomic E-state index is 0.103. The molecule has 1 heterocycles. The quantitative estimate of drug-likeness (QED) is 0.600. The number of fused-ring (bicyclic) bond motifs is 1. The second-order valence-corrected chi connectivity index (χ2v) is 7.43. The Kier molecular flexibility index (Phi) is 4.12. The number of H-pyrrole nitrogens is 2. The summed E-state index contributed by atoms with van der Waals surface area (Å²) in [5.41, 5.74) is -0.991. The molecule has 24 heavy (non-hydrogen) atoms. The highest BCUT2D eigenvalue weighted by Gasteiger charge is 2.16. The molecule has 3 N–H and O–H groups in total. The number of sulfonamides is 1. The number of benzene rings is 2. The largest absolute Gasteiger partial charge is 0.316 e. The van der Waals surface area contributed by atoms with Crippen LogP contribution in [0.1, 0.15) is 0 Å². The molecule has 1 aromatic heterocycles. The average Bonchev–Trinajstić information content (AvgIpc) is 2.46. The Hall–Kier alpha value is -2.29. The van der Waals surface area contributed by atoms with Crippen molar-refractivity contribution in [3.8, 4) is 0 Å². The molecule has 0 saturated heterocycles. The van der Waals surface area contributed by atoms with Crippen LogP contribution in [0, 0.1) is 0 Å². The lowest BCUT2D eigenvalue weighted by atomic mass is 10.3. The van der Waals surface area contributed by atoms with Gasteiger partial charge in [0.1, 0.15) is 0 Å². The van der Waals surface area contributed by atoms with E-state index in [1.54, 1.807) is 0 Å². The molecule has 0 atom stereocenters. The maximum Gasteiger partial charge on any atom is 0.314 e. The fourth-order valence-electron chi connectivity index (χ4n) is 2.09. The molecule has 0 amide bonds. The maximum absolute atomic E-state index is 12.5. The van der Waals surface area contributed by atoms with Gasteiger partial charge in [-0.25, -0.2) is 8.42 Å². The molecule has 3 aromatic rings. The molecule has 0 aliphatic heterocycles. The summed E-state index contributed by atoms with van der Waals surface area (Å²) in [6, 6.07) is 8.20. The maximum atomic E-state index is 12.5. The smallest absolute Gasteiger partial charge is 0.314 e. The topological polar surface area (TPSA) is 112 Å². The van der Waals surface area contributed by atoms with Crippen molar-refractivity contribution >= 4 is 49.9 Å². The average molecular weight is 386 g/mol. The Labute approximate surface area is 145 Å². The normalized spacial score (nSPS) is 11.6. The second kappa shape index (κ2) is 5.97. The van der Waals surface area contributed by atoms with Crippen LogP contribution in [0.25, 0.3) is 11.0 Å². The summed E-state index contributed by atoms with van der Waals surface area (Å²) in [5.74, 6) is 0. The molecule has 0 aliphatic rings. The van der Waals surface area contributed by atoms with E-state index < -0.39 is 21.1 Å². The van der Waals surface area contributed by atoms with Gasteiger partial charge in [-0.05, 0) is 36.4 Å². The highest BCUT2D eigenvalue weighted by Crippen LogP contribution is 2.25. The first kappa shape index (κ1) is 16.6. The summed E-state index contributed by atoms with van der Waals surface area (Å²) in [5, 5.41) is 0.557. The Morgan fingerprint density at radius 3 is 2.04 bits per heavy atom. The summed E-state index contributed by atoms with van der Waals surface area (Å²) in [4.78, 5) is 27.2. The second-order valence-electron chi connectivity index (χ2n) is 4.88. The zero-order valence-electron chi connectivity index (χ0n) is 11.8. The predicted octanol–water partition coefficient (Wildman–Crippen LogP) is 2.32. The highest BCUT2D eigenvalue weighted by atomic mass is 35.5. The number of aromatic nitrogens is 2. The first-order valence-electron chi connectivity index (χ1n) is 6.50. The van der Waals surface area contributed by atoms with Gasteiger partial charge in [-0.2, -0.15) is 0 Å². The number of nitrogens with one attached hydrogen (secondary N) is 3. The predicted molar refractivity (Wildman–Crippen MR) is 92.5 cm³/mol. The van der Waals surface area contributed by atoms with E-state index in [0.717, 1.165) is 0 Å². The first-order chi connectivity index (χ1) is 11.2. The van der Waals surface area contributed by atoms with E-state index in [2.05, 4.69) is 14.7 Å². The number of halogens is 2. The van der Waals surface area contributed by atoms with Gasteiger partial charge in [0, 0.05) is 10.0 Å². The lowest BCUT2D eigenvalue weighted by molar-refractivity contribution is 0.601. The van der Waals surface area contributed by atoms with Crippen molar-refractivity contribution in [3.63, 3.8) is 0 Å². The lowest BCUT2D eigenvalue weighted by Crippen LogP contribution is -2.29. The molecule has 0 fully saturated rings. The molecule has 124 valence electrons. The minimum Gasteiger partial charge on any atom is -0.316 e. The zero-order valence-corrected chi connectivity index (χ0v) is 14.1. The SMILES string of the molecule is O=c1[nH]c2ccc(S(=O)(=O)Nc3cc(Cl)cc(Cl)c3)cc2[nH]c1=O. The van der Waals surface area contributed by atoms with E-state index >= 15 is 0 Å². The van der Waals surface area contributed by atoms with Crippen LogP contribution < -0.4 is 15.8 Å². The summed E-state index contributed by atoms with van der Waals surface area (Å²) >= 11 is 11.7. The van der Waals surface area contributed by atoms with Crippen LogP contribution in [0.2, 0.25) is 10.0 Å². The molecule has 0 bridgehead atoms.